The van der Waals surface area contributed by atoms with Gasteiger partial charge in [-0.05, 0) is 27.7 Å². The molecule has 10 unspecified atom stereocenters. The topological polar surface area (TPSA) is 177 Å². The van der Waals surface area contributed by atoms with Crippen molar-refractivity contribution >= 4 is 0 Å². The summed E-state index contributed by atoms with van der Waals surface area (Å²) >= 11 is 0. The molecule has 15 atom stereocenters. The van der Waals surface area contributed by atoms with E-state index in [1.165, 1.54) is 14.0 Å². The zero-order chi connectivity index (χ0) is 23.9. The van der Waals surface area contributed by atoms with Crippen LogP contribution < -0.4 is 0 Å². The molecule has 3 heterocycles. The molecule has 0 radical (unpaired) electrons. The maximum absolute atomic E-state index is 10.7. The van der Waals surface area contributed by atoms with Crippen LogP contribution in [0, 0.1) is 0 Å². The van der Waals surface area contributed by atoms with Crippen molar-refractivity contribution in [3.05, 3.63) is 0 Å². The molecule has 3 aliphatic heterocycles. The number of aliphatic hydroxyl groups is 6. The van der Waals surface area contributed by atoms with Gasteiger partial charge in [-0.15, -0.1) is 0 Å². The second-order valence-corrected chi connectivity index (χ2v) is 8.81. The lowest BCUT2D eigenvalue weighted by molar-refractivity contribution is -0.377. The van der Waals surface area contributed by atoms with Crippen molar-refractivity contribution in [2.24, 2.45) is 0 Å². The molecular weight excluding hydrogens is 432 g/mol. The fourth-order valence-electron chi connectivity index (χ4n) is 4.39. The zero-order valence-corrected chi connectivity index (χ0v) is 18.8. The van der Waals surface area contributed by atoms with Crippen molar-refractivity contribution in [1.82, 2.24) is 0 Å². The largest absolute Gasteiger partial charge is 0.388 e. The van der Waals surface area contributed by atoms with Crippen molar-refractivity contribution in [2.75, 3.05) is 7.11 Å². The van der Waals surface area contributed by atoms with E-state index >= 15 is 0 Å². The summed E-state index contributed by atoms with van der Waals surface area (Å²) in [5.41, 5.74) is 0. The highest BCUT2D eigenvalue weighted by Crippen LogP contribution is 2.33. The van der Waals surface area contributed by atoms with Crippen molar-refractivity contribution < 1.29 is 59.1 Å². The molecule has 0 saturated carbocycles. The van der Waals surface area contributed by atoms with Gasteiger partial charge in [0.25, 0.3) is 0 Å². The minimum atomic E-state index is -1.50. The normalized spacial score (nSPS) is 55.0. The number of ether oxygens (including phenoxy) is 6. The Kier molecular flexibility index (Phi) is 8.51. The summed E-state index contributed by atoms with van der Waals surface area (Å²) in [7, 11) is 1.32. The second kappa shape index (κ2) is 10.4. The standard InChI is InChI=1S/C20H36O12/c1-6-10(21)13(24)16(9(4)28-6)31-20-18(14(25)11(22)7(2)30-20)32-19-15(26)17(27-5)12(23)8(3)29-19/h6-26H,1-5H3/t6?,7?,8?,9?,10-,11-,12-,13?,14?,15?,16?,17?,18?,19+,20+/m0/s1. The van der Waals surface area contributed by atoms with E-state index in [-0.39, 0.29) is 0 Å². The average molecular weight is 468 g/mol. The molecule has 3 fully saturated rings. The van der Waals surface area contributed by atoms with E-state index in [0.717, 1.165) is 0 Å². The van der Waals surface area contributed by atoms with Crippen molar-refractivity contribution in [3.8, 4) is 0 Å². The Morgan fingerprint density at radius 3 is 1.53 bits per heavy atom. The van der Waals surface area contributed by atoms with Gasteiger partial charge in [-0.3, -0.25) is 0 Å². The molecule has 0 spiro atoms. The van der Waals surface area contributed by atoms with Crippen LogP contribution in [-0.4, -0.2) is 130 Å². The molecule has 32 heavy (non-hydrogen) atoms. The van der Waals surface area contributed by atoms with Gasteiger partial charge in [0.2, 0.25) is 0 Å². The highest BCUT2D eigenvalue weighted by atomic mass is 16.8. The molecule has 6 N–H and O–H groups in total. The Balaban J connectivity index is 1.80. The number of hydrogen-bond acceptors (Lipinski definition) is 12. The fourth-order valence-corrected chi connectivity index (χ4v) is 4.39. The van der Waals surface area contributed by atoms with Crippen molar-refractivity contribution in [2.45, 2.75) is 120 Å². The van der Waals surface area contributed by atoms with Crippen LogP contribution >= 0.6 is 0 Å². The molecule has 0 aromatic heterocycles. The number of methoxy groups -OCH3 is 1. The minimum Gasteiger partial charge on any atom is -0.388 e. The lowest BCUT2D eigenvalue weighted by Gasteiger charge is -2.48. The van der Waals surface area contributed by atoms with Crippen molar-refractivity contribution in [3.63, 3.8) is 0 Å². The van der Waals surface area contributed by atoms with E-state index in [4.69, 9.17) is 28.4 Å². The van der Waals surface area contributed by atoms with Crippen molar-refractivity contribution in [1.29, 1.82) is 0 Å². The molecule has 12 nitrogen and oxygen atoms in total. The monoisotopic (exact) mass is 468 g/mol. The van der Waals surface area contributed by atoms with Gasteiger partial charge >= 0.3 is 0 Å². The summed E-state index contributed by atoms with van der Waals surface area (Å²) in [5, 5.41) is 62.4. The summed E-state index contributed by atoms with van der Waals surface area (Å²) in [6.07, 6.45) is -16.8. The average Bonchev–Trinajstić information content (AvgIpc) is 2.74. The first-order valence-corrected chi connectivity index (χ1v) is 10.9. The Hall–Kier alpha value is -0.480. The zero-order valence-electron chi connectivity index (χ0n) is 18.8. The summed E-state index contributed by atoms with van der Waals surface area (Å²) < 4.78 is 33.7. The van der Waals surface area contributed by atoms with Crippen LogP contribution in [0.15, 0.2) is 0 Å². The number of aliphatic hydroxyl groups excluding tert-OH is 6. The molecule has 188 valence electrons. The first-order valence-electron chi connectivity index (χ1n) is 10.9. The molecule has 0 aliphatic carbocycles. The molecule has 0 aromatic rings. The number of rotatable bonds is 5. The lowest BCUT2D eigenvalue weighted by atomic mass is 9.95. The van der Waals surface area contributed by atoms with Crippen LogP contribution in [0.5, 0.6) is 0 Å². The van der Waals surface area contributed by atoms with E-state index in [9.17, 15) is 30.6 Å². The third-order valence-electron chi connectivity index (χ3n) is 6.48. The molecule has 3 rings (SSSR count). The van der Waals surface area contributed by atoms with E-state index in [0.29, 0.717) is 0 Å². The van der Waals surface area contributed by atoms with Crippen LogP contribution in [0.25, 0.3) is 0 Å². The van der Waals surface area contributed by atoms with E-state index in [2.05, 4.69) is 0 Å². The predicted octanol–water partition coefficient (Wildman–Crippen LogP) is -2.77. The minimum absolute atomic E-state index is 0.616. The van der Waals surface area contributed by atoms with Gasteiger partial charge in [0.15, 0.2) is 12.6 Å². The highest BCUT2D eigenvalue weighted by molar-refractivity contribution is 4.95. The molecule has 0 aromatic carbocycles. The maximum atomic E-state index is 10.7. The van der Waals surface area contributed by atoms with Gasteiger partial charge in [-0.2, -0.15) is 0 Å². The number of hydrogen-bond donors (Lipinski definition) is 6. The summed E-state index contributed by atoms with van der Waals surface area (Å²) in [6, 6.07) is 0. The molecule has 0 bridgehead atoms. The smallest absolute Gasteiger partial charge is 0.187 e. The van der Waals surface area contributed by atoms with Gasteiger partial charge < -0.3 is 59.1 Å². The maximum Gasteiger partial charge on any atom is 0.187 e. The fraction of sp³-hybridized carbons (Fsp3) is 1.00. The molecule has 3 aliphatic rings. The Morgan fingerprint density at radius 2 is 0.938 bits per heavy atom. The van der Waals surface area contributed by atoms with Gasteiger partial charge in [0.05, 0.1) is 24.4 Å². The van der Waals surface area contributed by atoms with E-state index in [1.807, 2.05) is 0 Å². The SMILES string of the molecule is COC1C(O)[C@@H](OC2C(O)[C@@H](O)C(C)O[C@@H]2OC2C(C)OC(C)[C@H](O)C2O)OC(C)[C@@H]1O. The summed E-state index contributed by atoms with van der Waals surface area (Å²) in [5.74, 6) is 0. The van der Waals surface area contributed by atoms with Gasteiger partial charge in [-0.25, -0.2) is 0 Å². The molecular formula is C20H36O12. The van der Waals surface area contributed by atoms with Crippen LogP contribution in [0.1, 0.15) is 27.7 Å². The van der Waals surface area contributed by atoms with Crippen LogP contribution in [-0.2, 0) is 28.4 Å². The third-order valence-corrected chi connectivity index (χ3v) is 6.48. The molecule has 0 amide bonds. The van der Waals surface area contributed by atoms with E-state index < -0.39 is 91.9 Å². The Labute approximate surface area is 186 Å². The van der Waals surface area contributed by atoms with E-state index in [1.54, 1.807) is 20.8 Å². The van der Waals surface area contributed by atoms with Gasteiger partial charge in [-0.1, -0.05) is 0 Å². The Bertz CT molecular complexity index is 609. The third kappa shape index (κ3) is 4.97. The molecule has 12 heteroatoms. The van der Waals surface area contributed by atoms with Gasteiger partial charge in [0.1, 0.15) is 54.9 Å². The first kappa shape index (κ1) is 26.1. The lowest BCUT2D eigenvalue weighted by Crippen LogP contribution is -2.65. The summed E-state index contributed by atoms with van der Waals surface area (Å²) in [4.78, 5) is 0. The summed E-state index contributed by atoms with van der Waals surface area (Å²) in [6.45, 7) is 6.37. The van der Waals surface area contributed by atoms with Gasteiger partial charge in [0, 0.05) is 7.11 Å². The highest BCUT2D eigenvalue weighted by Gasteiger charge is 2.52. The first-order chi connectivity index (χ1) is 15.0. The quantitative estimate of drug-likeness (QED) is 0.245. The molecule has 3 saturated heterocycles. The Morgan fingerprint density at radius 1 is 0.469 bits per heavy atom. The second-order valence-electron chi connectivity index (χ2n) is 8.81. The predicted molar refractivity (Wildman–Crippen MR) is 105 cm³/mol. The van der Waals surface area contributed by atoms with Crippen LogP contribution in [0.2, 0.25) is 0 Å². The van der Waals surface area contributed by atoms with Crippen LogP contribution in [0.4, 0.5) is 0 Å². The van der Waals surface area contributed by atoms with Crippen LogP contribution in [0.3, 0.4) is 0 Å².